The normalized spacial score (nSPS) is 10.4. The number of aryl methyl sites for hydroxylation is 2. The van der Waals surface area contributed by atoms with E-state index in [2.05, 4.69) is 10.3 Å². The first kappa shape index (κ1) is 20.7. The molecule has 0 bridgehead atoms. The van der Waals surface area contributed by atoms with E-state index in [4.69, 9.17) is 9.15 Å². The summed E-state index contributed by atoms with van der Waals surface area (Å²) in [5.41, 5.74) is 1.51. The molecular weight excluding hydrogens is 390 g/mol. The molecule has 1 aromatic heterocycles. The number of hydrogen-bond donors (Lipinski definition) is 1. The van der Waals surface area contributed by atoms with E-state index < -0.39 is 23.4 Å². The number of ether oxygens (including phenoxy) is 1. The summed E-state index contributed by atoms with van der Waals surface area (Å²) in [5.74, 6) is -0.184. The number of hydrogen-bond acceptors (Lipinski definition) is 7. The van der Waals surface area contributed by atoms with Crippen LogP contribution in [0.25, 0.3) is 11.3 Å². The molecule has 2 aromatic carbocycles. The minimum Gasteiger partial charge on any atom is -0.456 e. The Labute approximate surface area is 171 Å². The molecule has 3 rings (SSSR count). The van der Waals surface area contributed by atoms with Crippen LogP contribution in [0.2, 0.25) is 0 Å². The molecular formula is C21H19N3O6. The minimum atomic E-state index is -0.594. The number of nitrogens with zero attached hydrogens (tertiary/aromatic N) is 2. The topological polar surface area (TPSA) is 125 Å². The third kappa shape index (κ3) is 5.51. The third-order valence-corrected chi connectivity index (χ3v) is 4.21. The fourth-order valence-electron chi connectivity index (χ4n) is 2.67. The van der Waals surface area contributed by atoms with E-state index in [0.717, 1.165) is 5.56 Å². The van der Waals surface area contributed by atoms with Gasteiger partial charge in [-0.2, -0.15) is 0 Å². The van der Waals surface area contributed by atoms with Crippen molar-refractivity contribution in [1.82, 2.24) is 4.98 Å². The fraction of sp³-hybridized carbons (Fsp3) is 0.190. The van der Waals surface area contributed by atoms with Crippen molar-refractivity contribution in [3.05, 3.63) is 76.3 Å². The smallest absolute Gasteiger partial charge is 0.306 e. The molecule has 1 N–H and O–H groups in total. The summed E-state index contributed by atoms with van der Waals surface area (Å²) in [4.78, 5) is 38.4. The number of rotatable bonds is 8. The molecule has 0 saturated heterocycles. The van der Waals surface area contributed by atoms with Gasteiger partial charge in [0.25, 0.3) is 11.6 Å². The first-order valence-electron chi connectivity index (χ1n) is 9.13. The molecule has 0 radical (unpaired) electrons. The molecule has 3 aromatic rings. The number of nitrogens with one attached hydrogen (secondary N) is 1. The van der Waals surface area contributed by atoms with Crippen LogP contribution in [0.3, 0.4) is 0 Å². The molecule has 0 aliphatic carbocycles. The highest BCUT2D eigenvalue weighted by molar-refractivity contribution is 5.93. The molecule has 0 spiro atoms. The largest absolute Gasteiger partial charge is 0.456 e. The van der Waals surface area contributed by atoms with Gasteiger partial charge in [0.15, 0.2) is 18.3 Å². The van der Waals surface area contributed by atoms with Crippen LogP contribution >= 0.6 is 0 Å². The van der Waals surface area contributed by atoms with Gasteiger partial charge < -0.3 is 14.5 Å². The number of anilines is 1. The Bertz CT molecular complexity index is 1060. The lowest BCUT2D eigenvalue weighted by Crippen LogP contribution is -2.21. The molecule has 154 valence electrons. The summed E-state index contributed by atoms with van der Waals surface area (Å²) in [6.07, 6.45) is 1.82. The second-order valence-electron chi connectivity index (χ2n) is 6.45. The maximum absolute atomic E-state index is 11.9. The van der Waals surface area contributed by atoms with Crippen molar-refractivity contribution >= 4 is 23.3 Å². The van der Waals surface area contributed by atoms with Gasteiger partial charge in [-0.15, -0.1) is 0 Å². The van der Waals surface area contributed by atoms with E-state index in [9.17, 15) is 19.7 Å². The lowest BCUT2D eigenvalue weighted by molar-refractivity contribution is -0.385. The number of carbonyl (C=O) groups excluding carboxylic acids is 2. The zero-order valence-corrected chi connectivity index (χ0v) is 16.2. The van der Waals surface area contributed by atoms with E-state index in [1.807, 2.05) is 30.3 Å². The average Bonchev–Trinajstić information content (AvgIpc) is 3.22. The first-order chi connectivity index (χ1) is 14.4. The van der Waals surface area contributed by atoms with Gasteiger partial charge in [0.2, 0.25) is 0 Å². The molecule has 0 fully saturated rings. The Balaban J connectivity index is 1.45. The number of aromatic nitrogens is 1. The van der Waals surface area contributed by atoms with E-state index in [1.54, 1.807) is 13.1 Å². The Hall–Kier alpha value is -4.01. The summed E-state index contributed by atoms with van der Waals surface area (Å²) in [5, 5.41) is 13.4. The number of nitro benzene ring substituents is 1. The lowest BCUT2D eigenvalue weighted by Gasteiger charge is -2.07. The number of benzene rings is 2. The Morgan fingerprint density at radius 3 is 2.70 bits per heavy atom. The number of carbonyl (C=O) groups is 2. The summed E-state index contributed by atoms with van der Waals surface area (Å²) in [6.45, 7) is 1.10. The standard InChI is InChI=1S/C21H19N3O6/c1-14-7-8-16(11-17(14)24(27)28)23-19(25)13-29-21(26)10-9-20-22-12-18(30-20)15-5-3-2-4-6-15/h2-8,11-12H,9-10,13H2,1H3,(H,23,25). The van der Waals surface area contributed by atoms with Gasteiger partial charge >= 0.3 is 5.97 Å². The maximum Gasteiger partial charge on any atom is 0.306 e. The zero-order chi connectivity index (χ0) is 21.5. The third-order valence-electron chi connectivity index (χ3n) is 4.21. The van der Waals surface area contributed by atoms with Gasteiger partial charge in [-0.25, -0.2) is 4.98 Å². The van der Waals surface area contributed by atoms with Crippen molar-refractivity contribution in [3.8, 4) is 11.3 Å². The molecule has 1 heterocycles. The van der Waals surface area contributed by atoms with E-state index in [-0.39, 0.29) is 24.2 Å². The predicted molar refractivity (Wildman–Crippen MR) is 108 cm³/mol. The van der Waals surface area contributed by atoms with Crippen LogP contribution < -0.4 is 5.32 Å². The second-order valence-corrected chi connectivity index (χ2v) is 6.45. The predicted octanol–water partition coefficient (Wildman–Crippen LogP) is 3.67. The van der Waals surface area contributed by atoms with Gasteiger partial charge in [0.05, 0.1) is 17.5 Å². The van der Waals surface area contributed by atoms with Crippen LogP contribution in [-0.2, 0) is 20.7 Å². The quantitative estimate of drug-likeness (QED) is 0.342. The molecule has 1 amide bonds. The highest BCUT2D eigenvalue weighted by Gasteiger charge is 2.14. The SMILES string of the molecule is Cc1ccc(NC(=O)COC(=O)CCc2ncc(-c3ccccc3)o2)cc1[N+](=O)[O-]. The summed E-state index contributed by atoms with van der Waals surface area (Å²) in [6, 6.07) is 13.8. The number of nitro groups is 1. The molecule has 0 aliphatic rings. The van der Waals surface area contributed by atoms with Crippen molar-refractivity contribution in [3.63, 3.8) is 0 Å². The minimum absolute atomic E-state index is 0.00196. The number of oxazole rings is 1. The molecule has 0 saturated carbocycles. The summed E-state index contributed by atoms with van der Waals surface area (Å²) < 4.78 is 10.5. The summed E-state index contributed by atoms with van der Waals surface area (Å²) in [7, 11) is 0. The van der Waals surface area contributed by atoms with Gasteiger partial charge in [0, 0.05) is 29.3 Å². The Morgan fingerprint density at radius 2 is 1.97 bits per heavy atom. The molecule has 30 heavy (non-hydrogen) atoms. The highest BCUT2D eigenvalue weighted by atomic mass is 16.6. The van der Waals surface area contributed by atoms with Crippen molar-refractivity contribution in [2.24, 2.45) is 0 Å². The van der Waals surface area contributed by atoms with E-state index in [1.165, 1.54) is 18.2 Å². The molecule has 0 aliphatic heterocycles. The van der Waals surface area contributed by atoms with Crippen molar-refractivity contribution in [2.45, 2.75) is 19.8 Å². The monoisotopic (exact) mass is 409 g/mol. The second kappa shape index (κ2) is 9.46. The molecule has 0 atom stereocenters. The number of esters is 1. The van der Waals surface area contributed by atoms with Gasteiger partial charge in [-0.3, -0.25) is 19.7 Å². The van der Waals surface area contributed by atoms with Gasteiger partial charge in [-0.1, -0.05) is 36.4 Å². The first-order valence-corrected chi connectivity index (χ1v) is 9.13. The Morgan fingerprint density at radius 1 is 1.20 bits per heavy atom. The van der Waals surface area contributed by atoms with Crippen molar-refractivity contribution < 1.29 is 23.7 Å². The van der Waals surface area contributed by atoms with Crippen molar-refractivity contribution in [1.29, 1.82) is 0 Å². The fourth-order valence-corrected chi connectivity index (χ4v) is 2.67. The van der Waals surface area contributed by atoms with E-state index in [0.29, 0.717) is 17.2 Å². The molecule has 9 nitrogen and oxygen atoms in total. The van der Waals surface area contributed by atoms with Crippen LogP contribution in [0.1, 0.15) is 17.9 Å². The lowest BCUT2D eigenvalue weighted by atomic mass is 10.2. The van der Waals surface area contributed by atoms with Crippen LogP contribution in [-0.4, -0.2) is 28.4 Å². The van der Waals surface area contributed by atoms with E-state index >= 15 is 0 Å². The highest BCUT2D eigenvalue weighted by Crippen LogP contribution is 2.22. The molecule has 9 heteroatoms. The average molecular weight is 409 g/mol. The number of amides is 1. The van der Waals surface area contributed by atoms with Crippen LogP contribution in [0.4, 0.5) is 11.4 Å². The van der Waals surface area contributed by atoms with Crippen molar-refractivity contribution in [2.75, 3.05) is 11.9 Å². The van der Waals surface area contributed by atoms with Crippen LogP contribution in [0.5, 0.6) is 0 Å². The maximum atomic E-state index is 11.9. The summed E-state index contributed by atoms with van der Waals surface area (Å²) >= 11 is 0. The van der Waals surface area contributed by atoms with Crippen LogP contribution in [0.15, 0.2) is 59.1 Å². The van der Waals surface area contributed by atoms with Gasteiger partial charge in [0.1, 0.15) is 0 Å². The molecule has 0 unspecified atom stereocenters. The Kier molecular flexibility index (Phi) is 6.53. The van der Waals surface area contributed by atoms with Crippen LogP contribution in [0, 0.1) is 17.0 Å². The zero-order valence-electron chi connectivity index (χ0n) is 16.2. The van der Waals surface area contributed by atoms with Gasteiger partial charge in [-0.05, 0) is 13.0 Å².